The molecule has 2 N–H and O–H groups in total. The van der Waals surface area contributed by atoms with Crippen LogP contribution in [-0.2, 0) is 17.6 Å². The number of benzene rings is 2. The Balaban J connectivity index is 2.03. The highest BCUT2D eigenvalue weighted by atomic mass is 16.6. The van der Waals surface area contributed by atoms with E-state index in [2.05, 4.69) is 17.5 Å². The fraction of sp³-hybridized carbons (Fsp3) is 0.222. The van der Waals surface area contributed by atoms with E-state index in [-0.39, 0.29) is 18.1 Å². The number of amides is 1. The van der Waals surface area contributed by atoms with Crippen LogP contribution in [-0.4, -0.2) is 29.3 Å². The average molecular weight is 357 g/mol. The van der Waals surface area contributed by atoms with E-state index >= 15 is 0 Å². The second-order valence-corrected chi connectivity index (χ2v) is 5.49. The van der Waals surface area contributed by atoms with Crippen LogP contribution in [0, 0.1) is 10.1 Å². The van der Waals surface area contributed by atoms with Crippen molar-refractivity contribution < 1.29 is 19.6 Å². The zero-order valence-corrected chi connectivity index (χ0v) is 14.4. The first-order chi connectivity index (χ1) is 12.4. The van der Waals surface area contributed by atoms with Gasteiger partial charge in [-0.2, -0.15) is 5.10 Å². The Morgan fingerprint density at radius 3 is 2.54 bits per heavy atom. The van der Waals surface area contributed by atoms with Gasteiger partial charge in [-0.05, 0) is 23.6 Å². The third-order valence-corrected chi connectivity index (χ3v) is 3.69. The highest BCUT2D eigenvalue weighted by Gasteiger charge is 2.19. The van der Waals surface area contributed by atoms with Crippen LogP contribution in [0.3, 0.4) is 0 Å². The van der Waals surface area contributed by atoms with Crippen molar-refractivity contribution in [2.45, 2.75) is 19.8 Å². The number of phenolic OH excluding ortho intramolecular Hbond substituents is 1. The summed E-state index contributed by atoms with van der Waals surface area (Å²) in [4.78, 5) is 22.1. The number of nitro benzene ring substituents is 1. The minimum Gasteiger partial charge on any atom is -0.500 e. The molecule has 8 nitrogen and oxygen atoms in total. The summed E-state index contributed by atoms with van der Waals surface area (Å²) in [6.07, 6.45) is 2.34. The number of hydrogen-bond acceptors (Lipinski definition) is 6. The average Bonchev–Trinajstić information content (AvgIpc) is 2.63. The van der Waals surface area contributed by atoms with E-state index < -0.39 is 16.4 Å². The number of nitrogens with one attached hydrogen (secondary N) is 1. The Morgan fingerprint density at radius 1 is 1.31 bits per heavy atom. The molecule has 2 aromatic carbocycles. The molecule has 26 heavy (non-hydrogen) atoms. The summed E-state index contributed by atoms with van der Waals surface area (Å²) in [6.45, 7) is 2.05. The standard InChI is InChI=1S/C18H19N3O5/c1-3-12-4-6-13(7-5-12)10-17(22)20-19-11-14-8-15(21(24)25)18(23)16(9-14)26-2/h4-9,11,23H,3,10H2,1-2H3,(H,20,22)/b19-11+. The number of nitro groups is 1. The molecule has 0 heterocycles. The van der Waals surface area contributed by atoms with Crippen LogP contribution in [0.15, 0.2) is 41.5 Å². The maximum atomic E-state index is 11.9. The van der Waals surface area contributed by atoms with Crippen molar-refractivity contribution in [3.05, 3.63) is 63.2 Å². The minimum absolute atomic E-state index is 0.0528. The van der Waals surface area contributed by atoms with Gasteiger partial charge in [0.25, 0.3) is 0 Å². The number of hydrazone groups is 1. The van der Waals surface area contributed by atoms with E-state index in [1.165, 1.54) is 25.0 Å². The fourth-order valence-electron chi connectivity index (χ4n) is 2.28. The van der Waals surface area contributed by atoms with Crippen LogP contribution in [0.4, 0.5) is 5.69 Å². The van der Waals surface area contributed by atoms with Gasteiger partial charge < -0.3 is 9.84 Å². The second kappa shape index (κ2) is 8.61. The first kappa shape index (κ1) is 18.9. The Hall–Kier alpha value is -3.42. The predicted molar refractivity (Wildman–Crippen MR) is 96.6 cm³/mol. The second-order valence-electron chi connectivity index (χ2n) is 5.49. The van der Waals surface area contributed by atoms with Crippen molar-refractivity contribution >= 4 is 17.8 Å². The van der Waals surface area contributed by atoms with Gasteiger partial charge in [0.2, 0.25) is 11.7 Å². The van der Waals surface area contributed by atoms with Crippen LogP contribution >= 0.6 is 0 Å². The largest absolute Gasteiger partial charge is 0.500 e. The molecule has 2 rings (SSSR count). The van der Waals surface area contributed by atoms with Crippen molar-refractivity contribution in [2.75, 3.05) is 7.11 Å². The lowest BCUT2D eigenvalue weighted by molar-refractivity contribution is -0.386. The van der Waals surface area contributed by atoms with Gasteiger partial charge in [0.1, 0.15) is 0 Å². The molecule has 0 spiro atoms. The monoisotopic (exact) mass is 357 g/mol. The predicted octanol–water partition coefficient (Wildman–Crippen LogP) is 2.56. The third-order valence-electron chi connectivity index (χ3n) is 3.69. The van der Waals surface area contributed by atoms with Gasteiger partial charge in [-0.25, -0.2) is 5.43 Å². The molecule has 0 bridgehead atoms. The maximum absolute atomic E-state index is 11.9. The van der Waals surface area contributed by atoms with Gasteiger partial charge in [0, 0.05) is 11.6 Å². The summed E-state index contributed by atoms with van der Waals surface area (Å²) in [6, 6.07) is 10.2. The number of hydrogen-bond donors (Lipinski definition) is 2. The van der Waals surface area contributed by atoms with Gasteiger partial charge in [-0.1, -0.05) is 31.2 Å². The normalized spacial score (nSPS) is 10.7. The molecule has 1 amide bonds. The van der Waals surface area contributed by atoms with E-state index in [9.17, 15) is 20.0 Å². The molecule has 0 fully saturated rings. The third kappa shape index (κ3) is 4.79. The number of ether oxygens (including phenoxy) is 1. The van der Waals surface area contributed by atoms with Crippen molar-refractivity contribution in [1.82, 2.24) is 5.43 Å². The van der Waals surface area contributed by atoms with Crippen molar-refractivity contribution in [2.24, 2.45) is 5.10 Å². The molecular weight excluding hydrogens is 338 g/mol. The summed E-state index contributed by atoms with van der Waals surface area (Å²) in [5.41, 5.74) is 4.21. The van der Waals surface area contributed by atoms with Crippen LogP contribution in [0.1, 0.15) is 23.6 Å². The van der Waals surface area contributed by atoms with E-state index in [4.69, 9.17) is 4.74 Å². The molecule has 2 aromatic rings. The summed E-state index contributed by atoms with van der Waals surface area (Å²) in [7, 11) is 1.28. The lowest BCUT2D eigenvalue weighted by atomic mass is 10.1. The Kier molecular flexibility index (Phi) is 6.26. The molecule has 0 aromatic heterocycles. The van der Waals surface area contributed by atoms with Crippen LogP contribution in [0.5, 0.6) is 11.5 Å². The molecule has 0 aliphatic heterocycles. The molecule has 136 valence electrons. The SMILES string of the molecule is CCc1ccc(CC(=O)N/N=C/c2cc(OC)c(O)c([N+](=O)[O-])c2)cc1. The molecule has 0 saturated carbocycles. The van der Waals surface area contributed by atoms with Gasteiger partial charge >= 0.3 is 5.69 Å². The lowest BCUT2D eigenvalue weighted by Gasteiger charge is -2.05. The number of nitrogens with zero attached hydrogens (tertiary/aromatic N) is 2. The summed E-state index contributed by atoms with van der Waals surface area (Å²) < 4.78 is 4.90. The maximum Gasteiger partial charge on any atom is 0.315 e. The lowest BCUT2D eigenvalue weighted by Crippen LogP contribution is -2.19. The van der Waals surface area contributed by atoms with Gasteiger partial charge in [0.05, 0.1) is 24.7 Å². The van der Waals surface area contributed by atoms with E-state index in [1.54, 1.807) is 0 Å². The quantitative estimate of drug-likeness (QED) is 0.449. The van der Waals surface area contributed by atoms with Crippen molar-refractivity contribution in [3.8, 4) is 11.5 Å². The molecular formula is C18H19N3O5. The Bertz CT molecular complexity index is 831. The molecule has 0 aliphatic rings. The number of aromatic hydroxyl groups is 1. The molecule has 0 aliphatic carbocycles. The van der Waals surface area contributed by atoms with Gasteiger partial charge in [0.15, 0.2) is 5.75 Å². The Morgan fingerprint density at radius 2 is 1.96 bits per heavy atom. The molecule has 0 unspecified atom stereocenters. The summed E-state index contributed by atoms with van der Waals surface area (Å²) in [5.74, 6) is -0.928. The van der Waals surface area contributed by atoms with Crippen molar-refractivity contribution in [3.63, 3.8) is 0 Å². The fourth-order valence-corrected chi connectivity index (χ4v) is 2.28. The highest BCUT2D eigenvalue weighted by Crippen LogP contribution is 2.36. The highest BCUT2D eigenvalue weighted by molar-refractivity contribution is 5.85. The number of aryl methyl sites for hydroxylation is 1. The summed E-state index contributed by atoms with van der Waals surface area (Å²) in [5, 5.41) is 24.5. The number of carbonyl (C=O) groups excluding carboxylic acids is 1. The van der Waals surface area contributed by atoms with Gasteiger partial charge in [-0.3, -0.25) is 14.9 Å². The Labute approximate surface area is 150 Å². The minimum atomic E-state index is -0.728. The zero-order valence-electron chi connectivity index (χ0n) is 14.4. The number of phenols is 1. The van der Waals surface area contributed by atoms with E-state index in [1.807, 2.05) is 24.3 Å². The topological polar surface area (TPSA) is 114 Å². The first-order valence-corrected chi connectivity index (χ1v) is 7.89. The van der Waals surface area contributed by atoms with E-state index in [0.29, 0.717) is 5.56 Å². The van der Waals surface area contributed by atoms with Crippen LogP contribution < -0.4 is 10.2 Å². The smallest absolute Gasteiger partial charge is 0.315 e. The number of methoxy groups -OCH3 is 1. The summed E-state index contributed by atoms with van der Waals surface area (Å²) >= 11 is 0. The molecule has 8 heteroatoms. The molecule has 0 saturated heterocycles. The van der Waals surface area contributed by atoms with E-state index in [0.717, 1.165) is 18.1 Å². The molecule has 0 radical (unpaired) electrons. The van der Waals surface area contributed by atoms with Crippen molar-refractivity contribution in [1.29, 1.82) is 0 Å². The number of rotatable bonds is 7. The zero-order chi connectivity index (χ0) is 19.1. The van der Waals surface area contributed by atoms with Crippen LogP contribution in [0.2, 0.25) is 0 Å². The molecule has 0 atom stereocenters. The van der Waals surface area contributed by atoms with Crippen LogP contribution in [0.25, 0.3) is 0 Å². The van der Waals surface area contributed by atoms with Gasteiger partial charge in [-0.15, -0.1) is 0 Å². The first-order valence-electron chi connectivity index (χ1n) is 7.89. The number of carbonyl (C=O) groups is 1.